The van der Waals surface area contributed by atoms with Crippen LogP contribution in [0.15, 0.2) is 23.6 Å². The van der Waals surface area contributed by atoms with Crippen LogP contribution in [0.2, 0.25) is 0 Å². The molecule has 14 heteroatoms. The van der Waals surface area contributed by atoms with Crippen molar-refractivity contribution in [2.24, 2.45) is 0 Å². The van der Waals surface area contributed by atoms with Crippen molar-refractivity contribution >= 4 is 46.3 Å². The van der Waals surface area contributed by atoms with Gasteiger partial charge in [-0.1, -0.05) is 0 Å². The highest BCUT2D eigenvalue weighted by Gasteiger charge is 2.27. The molecule has 1 aromatic carbocycles. The summed E-state index contributed by atoms with van der Waals surface area (Å²) in [4.78, 5) is 63.3. The summed E-state index contributed by atoms with van der Waals surface area (Å²) in [5.74, 6) is -3.16. The molecule has 0 saturated heterocycles. The predicted octanol–water partition coefficient (Wildman–Crippen LogP) is 0.824. The second-order valence-corrected chi connectivity index (χ2v) is 7.09. The summed E-state index contributed by atoms with van der Waals surface area (Å²) in [6.45, 7) is 3.96. The largest absolute Gasteiger partial charge is 0.464 e. The minimum absolute atomic E-state index is 0.0309. The number of nitrogens with two attached hydrogens (primary N) is 1. The van der Waals surface area contributed by atoms with Gasteiger partial charge < -0.3 is 25.3 Å². The number of benzene rings is 1. The van der Waals surface area contributed by atoms with E-state index in [0.717, 1.165) is 31.3 Å². The Balaban J connectivity index is 2.07. The summed E-state index contributed by atoms with van der Waals surface area (Å²) in [7, 11) is 0. The lowest BCUT2D eigenvalue weighted by atomic mass is 10.2. The van der Waals surface area contributed by atoms with Crippen molar-refractivity contribution in [2.45, 2.75) is 26.8 Å². The fraction of sp³-hybridized carbons (Fsp3) is 0.263. The van der Waals surface area contributed by atoms with Crippen molar-refractivity contribution in [3.05, 3.63) is 34.8 Å². The molecule has 13 nitrogen and oxygen atoms in total. The molecule has 0 fully saturated rings. The molecule has 1 aromatic heterocycles. The smallest absolute Gasteiger partial charge is 0.335 e. The first-order chi connectivity index (χ1) is 15.6. The average molecular weight is 479 g/mol. The Labute approximate surface area is 191 Å². The maximum atomic E-state index is 12.4. The Morgan fingerprint density at radius 3 is 2.30 bits per heavy atom. The van der Waals surface area contributed by atoms with Gasteiger partial charge >= 0.3 is 23.9 Å². The van der Waals surface area contributed by atoms with Crippen LogP contribution in [0.3, 0.4) is 0 Å². The standard InChI is InChI=1S/C19H21N5O8S/c1-4-30-17(28)15(12-8-33-18(20)21-12)22-19(29)24-23-16(27)11-5-6-13(31-9(2)25)14(7-11)32-10(3)26/h5-8,15H,4H2,1-3H3,(H2,20,21)(H,23,27)(H2,22,24,29). The predicted molar refractivity (Wildman–Crippen MR) is 114 cm³/mol. The normalized spacial score (nSPS) is 11.0. The van der Waals surface area contributed by atoms with Crippen molar-refractivity contribution < 1.29 is 38.2 Å². The minimum atomic E-state index is -1.26. The van der Waals surface area contributed by atoms with Crippen LogP contribution < -0.4 is 31.4 Å². The van der Waals surface area contributed by atoms with Crippen LogP contribution in [0.5, 0.6) is 11.5 Å². The number of anilines is 1. The van der Waals surface area contributed by atoms with Crippen LogP contribution in [0.4, 0.5) is 9.93 Å². The van der Waals surface area contributed by atoms with E-state index in [1.807, 2.05) is 0 Å². The number of nitrogens with one attached hydrogen (secondary N) is 3. The highest BCUT2D eigenvalue weighted by Crippen LogP contribution is 2.29. The number of carbonyl (C=O) groups is 5. The first kappa shape index (κ1) is 25.1. The minimum Gasteiger partial charge on any atom is -0.464 e. The Kier molecular flexibility index (Phi) is 8.68. The van der Waals surface area contributed by atoms with Gasteiger partial charge in [-0.3, -0.25) is 19.8 Å². The fourth-order valence-corrected chi connectivity index (χ4v) is 2.98. The van der Waals surface area contributed by atoms with E-state index in [9.17, 15) is 24.0 Å². The highest BCUT2D eigenvalue weighted by molar-refractivity contribution is 7.13. The first-order valence-electron chi connectivity index (χ1n) is 9.36. The topological polar surface area (TPSA) is 188 Å². The molecule has 5 N–H and O–H groups in total. The third-order valence-electron chi connectivity index (χ3n) is 3.64. The van der Waals surface area contributed by atoms with Gasteiger partial charge in [0.05, 0.1) is 12.3 Å². The molecule has 0 radical (unpaired) electrons. The summed E-state index contributed by atoms with van der Waals surface area (Å²) in [6, 6.07) is 1.48. The molecule has 33 heavy (non-hydrogen) atoms. The van der Waals surface area contributed by atoms with Gasteiger partial charge in [-0.2, -0.15) is 0 Å². The van der Waals surface area contributed by atoms with E-state index in [2.05, 4.69) is 21.2 Å². The highest BCUT2D eigenvalue weighted by atomic mass is 32.1. The molecule has 0 aliphatic rings. The van der Waals surface area contributed by atoms with Crippen LogP contribution in [0.1, 0.15) is 42.9 Å². The summed E-state index contributed by atoms with van der Waals surface area (Å²) < 4.78 is 14.8. The molecule has 0 bridgehead atoms. The number of hydrogen-bond acceptors (Lipinski definition) is 11. The van der Waals surface area contributed by atoms with Gasteiger partial charge in [0.15, 0.2) is 22.7 Å². The zero-order chi connectivity index (χ0) is 24.5. The molecule has 0 aliphatic carbocycles. The Hall–Kier alpha value is -4.20. The molecule has 3 amide bonds. The van der Waals surface area contributed by atoms with Gasteiger partial charge in [0, 0.05) is 24.8 Å². The number of esters is 3. The number of urea groups is 1. The molecular weight excluding hydrogens is 458 g/mol. The summed E-state index contributed by atoms with van der Waals surface area (Å²) in [5.41, 5.74) is 9.93. The Morgan fingerprint density at radius 2 is 1.73 bits per heavy atom. The number of nitrogen functional groups attached to an aromatic ring is 1. The van der Waals surface area contributed by atoms with Crippen molar-refractivity contribution in [2.75, 3.05) is 12.3 Å². The molecule has 2 rings (SSSR count). The monoisotopic (exact) mass is 479 g/mol. The van der Waals surface area contributed by atoms with Crippen LogP contribution in [-0.2, 0) is 19.1 Å². The summed E-state index contributed by atoms with van der Waals surface area (Å²) >= 11 is 1.07. The van der Waals surface area contributed by atoms with Crippen LogP contribution in [-0.4, -0.2) is 41.4 Å². The number of hydrazine groups is 1. The number of thiazole rings is 1. The van der Waals surface area contributed by atoms with Crippen molar-refractivity contribution in [1.82, 2.24) is 21.2 Å². The second kappa shape index (κ2) is 11.4. The summed E-state index contributed by atoms with van der Waals surface area (Å²) in [5, 5.41) is 4.00. The number of amides is 3. The second-order valence-electron chi connectivity index (χ2n) is 6.20. The lowest BCUT2D eigenvalue weighted by Gasteiger charge is -2.16. The van der Waals surface area contributed by atoms with Gasteiger partial charge in [0.1, 0.15) is 0 Å². The van der Waals surface area contributed by atoms with E-state index >= 15 is 0 Å². The quantitative estimate of drug-likeness (QED) is 0.251. The van der Waals surface area contributed by atoms with E-state index in [0.29, 0.717) is 0 Å². The van der Waals surface area contributed by atoms with E-state index in [-0.39, 0.29) is 34.5 Å². The summed E-state index contributed by atoms with van der Waals surface area (Å²) in [6.07, 6.45) is 0. The Bertz CT molecular complexity index is 1070. The van der Waals surface area contributed by atoms with E-state index in [1.54, 1.807) is 6.92 Å². The van der Waals surface area contributed by atoms with Crippen LogP contribution in [0.25, 0.3) is 0 Å². The van der Waals surface area contributed by atoms with Crippen LogP contribution >= 0.6 is 11.3 Å². The zero-order valence-electron chi connectivity index (χ0n) is 17.8. The molecule has 1 heterocycles. The lowest BCUT2D eigenvalue weighted by Crippen LogP contribution is -2.49. The van der Waals surface area contributed by atoms with E-state index in [1.165, 1.54) is 17.5 Å². The van der Waals surface area contributed by atoms with Crippen molar-refractivity contribution in [1.29, 1.82) is 0 Å². The van der Waals surface area contributed by atoms with Gasteiger partial charge in [-0.25, -0.2) is 20.0 Å². The number of ether oxygens (including phenoxy) is 3. The zero-order valence-corrected chi connectivity index (χ0v) is 18.6. The maximum absolute atomic E-state index is 12.4. The van der Waals surface area contributed by atoms with Gasteiger partial charge in [0.25, 0.3) is 5.91 Å². The molecule has 1 unspecified atom stereocenters. The van der Waals surface area contributed by atoms with Gasteiger partial charge in [-0.15, -0.1) is 11.3 Å². The molecule has 0 spiro atoms. The number of hydrogen-bond donors (Lipinski definition) is 4. The van der Waals surface area contributed by atoms with E-state index < -0.39 is 35.9 Å². The third kappa shape index (κ3) is 7.46. The van der Waals surface area contributed by atoms with Crippen molar-refractivity contribution in [3.8, 4) is 11.5 Å². The number of nitrogens with zero attached hydrogens (tertiary/aromatic N) is 1. The average Bonchev–Trinajstić information content (AvgIpc) is 3.16. The fourth-order valence-electron chi connectivity index (χ4n) is 2.39. The Morgan fingerprint density at radius 1 is 1.06 bits per heavy atom. The molecule has 2 aromatic rings. The molecular formula is C19H21N5O8S. The third-order valence-corrected chi connectivity index (χ3v) is 4.33. The van der Waals surface area contributed by atoms with Crippen LogP contribution in [0, 0.1) is 0 Å². The molecule has 0 saturated carbocycles. The maximum Gasteiger partial charge on any atom is 0.335 e. The number of aromatic nitrogens is 1. The van der Waals surface area contributed by atoms with E-state index in [4.69, 9.17) is 19.9 Å². The lowest BCUT2D eigenvalue weighted by molar-refractivity contribution is -0.145. The van der Waals surface area contributed by atoms with Gasteiger partial charge in [0.2, 0.25) is 0 Å². The van der Waals surface area contributed by atoms with Gasteiger partial charge in [-0.05, 0) is 25.1 Å². The number of carbonyl (C=O) groups excluding carboxylic acids is 5. The molecule has 0 aliphatic heterocycles. The first-order valence-corrected chi connectivity index (χ1v) is 10.2. The molecule has 1 atom stereocenters. The van der Waals surface area contributed by atoms with Crippen molar-refractivity contribution in [3.63, 3.8) is 0 Å². The SMILES string of the molecule is CCOC(=O)C(NC(=O)NNC(=O)c1ccc(OC(C)=O)c(OC(C)=O)c1)c1csc(N)n1. The molecule has 176 valence electrons. The number of rotatable bonds is 7.